The van der Waals surface area contributed by atoms with Crippen LogP contribution >= 0.6 is 15.9 Å². The van der Waals surface area contributed by atoms with Gasteiger partial charge < -0.3 is 5.73 Å². The van der Waals surface area contributed by atoms with Crippen molar-refractivity contribution in [2.24, 2.45) is 5.73 Å². The summed E-state index contributed by atoms with van der Waals surface area (Å²) < 4.78 is 1.07. The molecule has 0 saturated heterocycles. The fourth-order valence-electron chi connectivity index (χ4n) is 1.08. The SMILES string of the molecule is N#CC(N)CCc1cccc(Br)c1. The lowest BCUT2D eigenvalue weighted by Crippen LogP contribution is -2.17. The first-order valence-corrected chi connectivity index (χ1v) is 4.91. The maximum absolute atomic E-state index is 8.48. The average molecular weight is 239 g/mol. The molecule has 1 rings (SSSR count). The van der Waals surface area contributed by atoms with Crippen LogP contribution in [0.2, 0.25) is 0 Å². The van der Waals surface area contributed by atoms with E-state index < -0.39 is 0 Å². The predicted molar refractivity (Wildman–Crippen MR) is 56.1 cm³/mol. The number of hydrogen-bond donors (Lipinski definition) is 1. The van der Waals surface area contributed by atoms with Crippen molar-refractivity contribution in [1.82, 2.24) is 0 Å². The molecule has 1 unspecified atom stereocenters. The Morgan fingerprint density at radius 3 is 2.92 bits per heavy atom. The van der Waals surface area contributed by atoms with Crippen LogP contribution in [0.3, 0.4) is 0 Å². The first-order chi connectivity index (χ1) is 6.22. The fraction of sp³-hybridized carbons (Fsp3) is 0.300. The minimum absolute atomic E-state index is 0.348. The number of hydrogen-bond acceptors (Lipinski definition) is 2. The zero-order chi connectivity index (χ0) is 9.68. The van der Waals surface area contributed by atoms with E-state index in [2.05, 4.69) is 15.9 Å². The van der Waals surface area contributed by atoms with Crippen LogP contribution < -0.4 is 5.73 Å². The van der Waals surface area contributed by atoms with Crippen molar-refractivity contribution < 1.29 is 0 Å². The van der Waals surface area contributed by atoms with Crippen LogP contribution in [-0.4, -0.2) is 6.04 Å². The normalized spacial score (nSPS) is 12.1. The van der Waals surface area contributed by atoms with Crippen LogP contribution in [0.4, 0.5) is 0 Å². The molecule has 0 fully saturated rings. The Labute approximate surface area is 86.5 Å². The van der Waals surface area contributed by atoms with Crippen LogP contribution in [-0.2, 0) is 6.42 Å². The Morgan fingerprint density at radius 2 is 2.31 bits per heavy atom. The van der Waals surface area contributed by atoms with E-state index in [-0.39, 0.29) is 6.04 Å². The second-order valence-corrected chi connectivity index (χ2v) is 3.82. The summed E-state index contributed by atoms with van der Waals surface area (Å²) in [5.41, 5.74) is 6.69. The van der Waals surface area contributed by atoms with E-state index in [1.54, 1.807) is 0 Å². The predicted octanol–water partition coefficient (Wildman–Crippen LogP) is 2.23. The van der Waals surface area contributed by atoms with Crippen molar-refractivity contribution in [3.8, 4) is 6.07 Å². The molecule has 0 heterocycles. The van der Waals surface area contributed by atoms with Crippen LogP contribution in [0.25, 0.3) is 0 Å². The number of nitrogens with zero attached hydrogens (tertiary/aromatic N) is 1. The number of nitrogens with two attached hydrogens (primary N) is 1. The number of rotatable bonds is 3. The number of benzene rings is 1. The van der Waals surface area contributed by atoms with Gasteiger partial charge in [0.05, 0.1) is 12.1 Å². The zero-order valence-corrected chi connectivity index (χ0v) is 8.79. The lowest BCUT2D eigenvalue weighted by Gasteiger charge is -2.02. The Morgan fingerprint density at radius 1 is 1.54 bits per heavy atom. The van der Waals surface area contributed by atoms with Crippen LogP contribution in [0.15, 0.2) is 28.7 Å². The van der Waals surface area contributed by atoms with Gasteiger partial charge in [0.1, 0.15) is 0 Å². The summed E-state index contributed by atoms with van der Waals surface area (Å²) in [6, 6.07) is 9.71. The largest absolute Gasteiger partial charge is 0.316 e. The smallest absolute Gasteiger partial charge is 0.0931 e. The summed E-state index contributed by atoms with van der Waals surface area (Å²) in [5.74, 6) is 0. The van der Waals surface area contributed by atoms with Gasteiger partial charge in [-0.15, -0.1) is 0 Å². The Kier molecular flexibility index (Phi) is 3.94. The minimum atomic E-state index is -0.348. The van der Waals surface area contributed by atoms with Crippen molar-refractivity contribution in [2.45, 2.75) is 18.9 Å². The topological polar surface area (TPSA) is 49.8 Å². The third-order valence-corrected chi connectivity index (χ3v) is 2.29. The molecule has 0 aliphatic rings. The van der Waals surface area contributed by atoms with Gasteiger partial charge in [-0.2, -0.15) is 5.26 Å². The molecule has 1 aromatic rings. The highest BCUT2D eigenvalue weighted by Crippen LogP contribution is 2.13. The summed E-state index contributed by atoms with van der Waals surface area (Å²) in [7, 11) is 0. The number of nitriles is 1. The quantitative estimate of drug-likeness (QED) is 0.879. The molecular weight excluding hydrogens is 228 g/mol. The maximum Gasteiger partial charge on any atom is 0.0931 e. The third-order valence-electron chi connectivity index (χ3n) is 1.80. The molecule has 3 heteroatoms. The molecular formula is C10H11BrN2. The van der Waals surface area contributed by atoms with Gasteiger partial charge in [-0.05, 0) is 30.5 Å². The van der Waals surface area contributed by atoms with Crippen molar-refractivity contribution in [3.63, 3.8) is 0 Å². The van der Waals surface area contributed by atoms with E-state index in [0.29, 0.717) is 6.42 Å². The van der Waals surface area contributed by atoms with Crippen molar-refractivity contribution in [2.75, 3.05) is 0 Å². The van der Waals surface area contributed by atoms with Crippen LogP contribution in [0, 0.1) is 11.3 Å². The third kappa shape index (κ3) is 3.58. The number of aryl methyl sites for hydroxylation is 1. The van der Waals surface area contributed by atoms with Gasteiger partial charge in [0.2, 0.25) is 0 Å². The molecule has 2 nitrogen and oxygen atoms in total. The summed E-state index contributed by atoms with van der Waals surface area (Å²) in [6.45, 7) is 0. The second kappa shape index (κ2) is 5.00. The van der Waals surface area contributed by atoms with Gasteiger partial charge in [-0.3, -0.25) is 0 Å². The monoisotopic (exact) mass is 238 g/mol. The van der Waals surface area contributed by atoms with E-state index in [4.69, 9.17) is 11.0 Å². The molecule has 1 aromatic carbocycles. The van der Waals surface area contributed by atoms with Gasteiger partial charge in [0.15, 0.2) is 0 Å². The van der Waals surface area contributed by atoms with E-state index in [1.165, 1.54) is 5.56 Å². The molecule has 0 radical (unpaired) electrons. The first-order valence-electron chi connectivity index (χ1n) is 4.12. The van der Waals surface area contributed by atoms with Gasteiger partial charge in [0, 0.05) is 4.47 Å². The minimum Gasteiger partial charge on any atom is -0.316 e. The van der Waals surface area contributed by atoms with E-state index in [0.717, 1.165) is 10.9 Å². The van der Waals surface area contributed by atoms with Crippen molar-refractivity contribution in [3.05, 3.63) is 34.3 Å². The summed E-state index contributed by atoms with van der Waals surface area (Å²) in [4.78, 5) is 0. The summed E-state index contributed by atoms with van der Waals surface area (Å²) in [5, 5.41) is 8.48. The van der Waals surface area contributed by atoms with Gasteiger partial charge in [0.25, 0.3) is 0 Å². The lowest BCUT2D eigenvalue weighted by atomic mass is 10.1. The van der Waals surface area contributed by atoms with Crippen LogP contribution in [0.1, 0.15) is 12.0 Å². The molecule has 0 spiro atoms. The Bertz CT molecular complexity index is 317. The Balaban J connectivity index is 2.51. The molecule has 0 aromatic heterocycles. The summed E-state index contributed by atoms with van der Waals surface area (Å²) in [6.07, 6.45) is 1.57. The summed E-state index contributed by atoms with van der Waals surface area (Å²) >= 11 is 3.39. The highest BCUT2D eigenvalue weighted by Gasteiger charge is 2.00. The zero-order valence-electron chi connectivity index (χ0n) is 7.20. The molecule has 2 N–H and O–H groups in total. The lowest BCUT2D eigenvalue weighted by molar-refractivity contribution is 0.731. The van der Waals surface area contributed by atoms with Gasteiger partial charge in [-0.1, -0.05) is 28.1 Å². The molecule has 0 aliphatic carbocycles. The fourth-order valence-corrected chi connectivity index (χ4v) is 1.53. The molecule has 1 atom stereocenters. The molecule has 0 bridgehead atoms. The Hall–Kier alpha value is -0.850. The molecule has 13 heavy (non-hydrogen) atoms. The standard InChI is InChI=1S/C10H11BrN2/c11-9-3-1-2-8(6-9)4-5-10(13)7-12/h1-3,6,10H,4-5,13H2. The van der Waals surface area contributed by atoms with Crippen molar-refractivity contribution in [1.29, 1.82) is 5.26 Å². The van der Waals surface area contributed by atoms with Crippen molar-refractivity contribution >= 4 is 15.9 Å². The van der Waals surface area contributed by atoms with Crippen LogP contribution in [0.5, 0.6) is 0 Å². The molecule has 0 saturated carbocycles. The first kappa shape index (κ1) is 10.2. The maximum atomic E-state index is 8.48. The van der Waals surface area contributed by atoms with E-state index in [1.807, 2.05) is 30.3 Å². The molecule has 0 aliphatic heterocycles. The second-order valence-electron chi connectivity index (χ2n) is 2.90. The highest BCUT2D eigenvalue weighted by molar-refractivity contribution is 9.10. The molecule has 68 valence electrons. The molecule has 0 amide bonds. The average Bonchev–Trinajstić information content (AvgIpc) is 2.14. The van der Waals surface area contributed by atoms with E-state index >= 15 is 0 Å². The highest BCUT2D eigenvalue weighted by atomic mass is 79.9. The van der Waals surface area contributed by atoms with Gasteiger partial charge >= 0.3 is 0 Å². The number of halogens is 1. The van der Waals surface area contributed by atoms with Gasteiger partial charge in [-0.25, -0.2) is 0 Å². The van der Waals surface area contributed by atoms with E-state index in [9.17, 15) is 0 Å².